The molecule has 0 bridgehead atoms. The molecule has 0 aliphatic heterocycles. The summed E-state index contributed by atoms with van der Waals surface area (Å²) in [6.07, 6.45) is 30.5. The number of aromatic amines is 6. The van der Waals surface area contributed by atoms with Crippen LogP contribution in [0, 0.1) is 30.6 Å². The number of hydrogen-bond donors (Lipinski definition) is 6. The predicted molar refractivity (Wildman–Crippen MR) is 132 cm³/mol. The summed E-state index contributed by atoms with van der Waals surface area (Å²) in [6.45, 7) is 0. The van der Waals surface area contributed by atoms with Crippen LogP contribution in [0.5, 0.6) is 0 Å². The van der Waals surface area contributed by atoms with E-state index < -0.39 is 10.2 Å². The van der Waals surface area contributed by atoms with E-state index in [0.29, 0.717) is 0 Å². The second kappa shape index (κ2) is 34.3. The smallest absolute Gasteiger partial charge is 0.356 e. The Morgan fingerprint density at radius 3 is 0.538 bits per heavy atom. The van der Waals surface area contributed by atoms with Crippen LogP contribution >= 0.6 is 0 Å². The SMILES string of the molecule is O=[N+]([O-])[O-].O=[N+]([O-])[O-].[Fe+2].c1c[nH]cn1.c1c[nH]cn1.c1c[nH]cn1.c1c[nH]cn1.c1c[nH]cn1.c1c[nH]cn1. The first kappa shape index (κ1) is 37.7. The van der Waals surface area contributed by atoms with Gasteiger partial charge in [0.1, 0.15) is 0 Å². The molecule has 0 saturated heterocycles. The van der Waals surface area contributed by atoms with Crippen molar-refractivity contribution >= 4 is 0 Å². The fourth-order valence-corrected chi connectivity index (χ4v) is 1.29. The average molecular weight is 588 g/mol. The standard InChI is InChI=1S/6C3H4N2.Fe.2NO3/c6*1-2-5-3-4-1;;2*2-1(3)4/h6*1-3H,(H,4,5);;;/q;;;;;;+2;2*-1. The molecule has 0 aliphatic rings. The number of H-pyrrole nitrogens is 6. The molecular formula is C18H24FeN14O6. The van der Waals surface area contributed by atoms with Gasteiger partial charge in [-0.25, -0.2) is 29.9 Å². The van der Waals surface area contributed by atoms with Crippen molar-refractivity contribution in [3.63, 3.8) is 0 Å². The van der Waals surface area contributed by atoms with Gasteiger partial charge < -0.3 is 60.5 Å². The van der Waals surface area contributed by atoms with Crippen molar-refractivity contribution in [2.45, 2.75) is 0 Å². The maximum atomic E-state index is 8.25. The molecule has 0 saturated carbocycles. The molecular weight excluding hydrogens is 564 g/mol. The number of nitrogens with one attached hydrogen (secondary N) is 6. The van der Waals surface area contributed by atoms with Gasteiger partial charge in [-0.1, -0.05) is 0 Å². The Hall–Kier alpha value is -5.82. The van der Waals surface area contributed by atoms with Crippen LogP contribution in [0.2, 0.25) is 0 Å². The molecule has 6 N–H and O–H groups in total. The molecule has 0 fully saturated rings. The van der Waals surface area contributed by atoms with Crippen LogP contribution in [0.25, 0.3) is 0 Å². The summed E-state index contributed by atoms with van der Waals surface area (Å²) in [5.41, 5.74) is 0. The van der Waals surface area contributed by atoms with Gasteiger partial charge in [0.25, 0.3) is 0 Å². The Morgan fingerprint density at radius 1 is 0.385 bits per heavy atom. The largest absolute Gasteiger partial charge is 2.00 e. The van der Waals surface area contributed by atoms with Crippen LogP contribution in [-0.2, 0) is 17.1 Å². The summed E-state index contributed by atoms with van der Waals surface area (Å²) in [5, 5.41) is 29.5. The van der Waals surface area contributed by atoms with Gasteiger partial charge in [-0.3, -0.25) is 0 Å². The van der Waals surface area contributed by atoms with Gasteiger partial charge in [0.05, 0.1) is 48.1 Å². The molecule has 0 unspecified atom stereocenters. The third kappa shape index (κ3) is 50.1. The molecule has 39 heavy (non-hydrogen) atoms. The molecule has 0 atom stereocenters. The Bertz CT molecular complexity index is 765. The number of aromatic nitrogens is 12. The molecule has 6 aromatic heterocycles. The fourth-order valence-electron chi connectivity index (χ4n) is 1.29. The van der Waals surface area contributed by atoms with E-state index in [0.717, 1.165) is 0 Å². The zero-order valence-electron chi connectivity index (χ0n) is 19.8. The van der Waals surface area contributed by atoms with Gasteiger partial charge in [-0.2, -0.15) is 0 Å². The third-order valence-corrected chi connectivity index (χ3v) is 2.44. The van der Waals surface area contributed by atoms with Crippen LogP contribution in [0.4, 0.5) is 0 Å². The van der Waals surface area contributed by atoms with E-state index in [9.17, 15) is 0 Å². The molecule has 0 spiro atoms. The minimum absolute atomic E-state index is 0. The van der Waals surface area contributed by atoms with Gasteiger partial charge in [-0.05, 0) is 0 Å². The molecule has 0 radical (unpaired) electrons. The number of imidazole rings is 6. The van der Waals surface area contributed by atoms with Crippen molar-refractivity contribution in [2.75, 3.05) is 0 Å². The first-order chi connectivity index (χ1) is 18.5. The van der Waals surface area contributed by atoms with Gasteiger partial charge >= 0.3 is 17.1 Å². The third-order valence-electron chi connectivity index (χ3n) is 2.44. The van der Waals surface area contributed by atoms with E-state index in [1.54, 1.807) is 112 Å². The monoisotopic (exact) mass is 588 g/mol. The van der Waals surface area contributed by atoms with Crippen molar-refractivity contribution in [3.05, 3.63) is 143 Å². The van der Waals surface area contributed by atoms with E-state index in [1.807, 2.05) is 0 Å². The van der Waals surface area contributed by atoms with Gasteiger partial charge in [-0.15, -0.1) is 0 Å². The van der Waals surface area contributed by atoms with Crippen molar-refractivity contribution in [3.8, 4) is 0 Å². The second-order valence-corrected chi connectivity index (χ2v) is 5.01. The zero-order valence-corrected chi connectivity index (χ0v) is 20.9. The summed E-state index contributed by atoms with van der Waals surface area (Å²) >= 11 is 0. The summed E-state index contributed by atoms with van der Waals surface area (Å²) in [4.78, 5) is 55.0. The van der Waals surface area contributed by atoms with Crippen LogP contribution in [0.3, 0.4) is 0 Å². The average Bonchev–Trinajstić information content (AvgIpc) is 3.82. The van der Waals surface area contributed by atoms with Gasteiger partial charge in [0.15, 0.2) is 0 Å². The maximum Gasteiger partial charge on any atom is 2.00 e. The molecule has 6 aromatic rings. The Morgan fingerprint density at radius 2 is 0.513 bits per heavy atom. The quantitative estimate of drug-likeness (QED) is 0.0843. The molecule has 6 heterocycles. The van der Waals surface area contributed by atoms with Crippen LogP contribution in [0.15, 0.2) is 112 Å². The molecule has 0 aromatic carbocycles. The normalized spacial score (nSPS) is 7.38. The molecule has 21 heteroatoms. The number of nitrogens with zero attached hydrogens (tertiary/aromatic N) is 8. The van der Waals surface area contributed by atoms with Crippen molar-refractivity contribution in [2.24, 2.45) is 0 Å². The Balaban J connectivity index is -0.000000379. The topological polar surface area (TPSA) is 304 Å². The van der Waals surface area contributed by atoms with E-state index in [-0.39, 0.29) is 17.1 Å². The number of rotatable bonds is 0. The first-order valence-corrected chi connectivity index (χ1v) is 9.66. The number of hydrogen-bond acceptors (Lipinski definition) is 12. The van der Waals surface area contributed by atoms with E-state index in [4.69, 9.17) is 30.6 Å². The Kier molecular flexibility index (Phi) is 33.2. The molecule has 6 rings (SSSR count). The molecule has 20 nitrogen and oxygen atoms in total. The maximum absolute atomic E-state index is 8.25. The first-order valence-electron chi connectivity index (χ1n) is 9.66. The molecule has 0 aliphatic carbocycles. The van der Waals surface area contributed by atoms with Crippen molar-refractivity contribution < 1.29 is 27.2 Å². The summed E-state index contributed by atoms with van der Waals surface area (Å²) in [7, 11) is 0. The predicted octanol–water partition coefficient (Wildman–Crippen LogP) is 1.98. The van der Waals surface area contributed by atoms with E-state index in [1.165, 1.54) is 0 Å². The summed E-state index contributed by atoms with van der Waals surface area (Å²) in [5.74, 6) is 0. The van der Waals surface area contributed by atoms with Crippen LogP contribution < -0.4 is 0 Å². The van der Waals surface area contributed by atoms with Crippen molar-refractivity contribution in [1.82, 2.24) is 59.8 Å². The molecule has 210 valence electrons. The summed E-state index contributed by atoms with van der Waals surface area (Å²) in [6, 6.07) is 0. The zero-order chi connectivity index (χ0) is 28.4. The Labute approximate surface area is 230 Å². The van der Waals surface area contributed by atoms with Gasteiger partial charge in [0, 0.05) is 74.4 Å². The summed E-state index contributed by atoms with van der Waals surface area (Å²) < 4.78 is 0. The van der Waals surface area contributed by atoms with Crippen LogP contribution in [-0.4, -0.2) is 70.0 Å². The minimum atomic E-state index is -1.75. The minimum Gasteiger partial charge on any atom is -0.356 e. The van der Waals surface area contributed by atoms with Crippen molar-refractivity contribution in [1.29, 1.82) is 0 Å². The second-order valence-electron chi connectivity index (χ2n) is 5.01. The fraction of sp³-hybridized carbons (Fsp3) is 0. The van der Waals surface area contributed by atoms with Crippen LogP contribution in [0.1, 0.15) is 0 Å². The van der Waals surface area contributed by atoms with Gasteiger partial charge in [0.2, 0.25) is 0 Å². The molecule has 0 amide bonds. The van der Waals surface area contributed by atoms with E-state index in [2.05, 4.69) is 59.8 Å². The van der Waals surface area contributed by atoms with E-state index >= 15 is 0 Å².